The molecule has 2 aromatic carbocycles. The van der Waals surface area contributed by atoms with Gasteiger partial charge in [0, 0.05) is 15.7 Å². The maximum absolute atomic E-state index is 11.8. The van der Waals surface area contributed by atoms with Gasteiger partial charge in [0.1, 0.15) is 17.2 Å². The fourth-order valence-electron chi connectivity index (χ4n) is 2.64. The molecule has 140 valence electrons. The second-order valence-corrected chi connectivity index (χ2v) is 7.14. The Bertz CT molecular complexity index is 885. The second kappa shape index (κ2) is 9.10. The Hall–Kier alpha value is -1.98. The zero-order valence-corrected chi connectivity index (χ0v) is 17.1. The molecular weight excluding hydrogens is 346 g/mol. The van der Waals surface area contributed by atoms with E-state index >= 15 is 0 Å². The zero-order valence-electron chi connectivity index (χ0n) is 16.3. The highest BCUT2D eigenvalue weighted by Gasteiger charge is 2.22. The molecule has 1 atom stereocenters. The van der Waals surface area contributed by atoms with E-state index in [0.29, 0.717) is 0 Å². The molecule has 0 radical (unpaired) electrons. The summed E-state index contributed by atoms with van der Waals surface area (Å²) in [5.74, 6) is -0.111. The number of ether oxygens (including phenoxy) is 1. The highest BCUT2D eigenvalue weighted by molar-refractivity contribution is 7.97. The van der Waals surface area contributed by atoms with Gasteiger partial charge in [0.05, 0.1) is 7.11 Å². The average Bonchev–Trinajstić information content (AvgIpc) is 2.99. The number of carbonyl (C=O) groups is 1. The SMILES string of the molecule is CC.COC(=O)C(NSc1ccc2c(c1)oc1cc(C)ccc12)C(C)C. The quantitative estimate of drug-likeness (QED) is 0.458. The van der Waals surface area contributed by atoms with Crippen LogP contribution in [0.4, 0.5) is 0 Å². The van der Waals surface area contributed by atoms with Gasteiger partial charge in [0.25, 0.3) is 0 Å². The first-order valence-corrected chi connectivity index (χ1v) is 9.74. The van der Waals surface area contributed by atoms with Crippen LogP contribution in [-0.2, 0) is 9.53 Å². The number of hydrogen-bond donors (Lipinski definition) is 1. The standard InChI is InChI=1S/C19H21NO3S.C2H6/c1-11(2)18(19(21)22-4)20-24-13-6-8-15-14-7-5-12(3)9-16(14)23-17(15)10-13;1-2/h5-11,18,20H,1-4H3;1-2H3. The van der Waals surface area contributed by atoms with Crippen molar-refractivity contribution in [3.8, 4) is 0 Å². The first-order valence-electron chi connectivity index (χ1n) is 8.92. The molecule has 5 heteroatoms. The van der Waals surface area contributed by atoms with Crippen molar-refractivity contribution in [1.82, 2.24) is 4.72 Å². The van der Waals surface area contributed by atoms with Crippen LogP contribution in [0.2, 0.25) is 0 Å². The van der Waals surface area contributed by atoms with Crippen LogP contribution in [0.1, 0.15) is 33.3 Å². The number of furan rings is 1. The summed E-state index contributed by atoms with van der Waals surface area (Å²) in [6.45, 7) is 10.0. The normalized spacial score (nSPS) is 12.1. The molecule has 1 heterocycles. The highest BCUT2D eigenvalue weighted by atomic mass is 32.2. The minimum atomic E-state index is -0.353. The number of nitrogens with one attached hydrogen (secondary N) is 1. The molecule has 3 aromatic rings. The predicted octanol–water partition coefficient (Wildman–Crippen LogP) is 5.71. The number of carbonyl (C=O) groups excluding carboxylic acids is 1. The molecule has 4 nitrogen and oxygen atoms in total. The number of benzene rings is 2. The number of methoxy groups -OCH3 is 1. The smallest absolute Gasteiger partial charge is 0.323 e. The molecule has 0 aliphatic carbocycles. The summed E-state index contributed by atoms with van der Waals surface area (Å²) < 4.78 is 14.0. The molecule has 0 aliphatic rings. The van der Waals surface area contributed by atoms with E-state index in [-0.39, 0.29) is 17.9 Å². The van der Waals surface area contributed by atoms with Crippen molar-refractivity contribution in [2.45, 2.75) is 45.6 Å². The summed E-state index contributed by atoms with van der Waals surface area (Å²) in [5.41, 5.74) is 2.92. The molecule has 0 amide bonds. The minimum absolute atomic E-state index is 0.142. The lowest BCUT2D eigenvalue weighted by molar-refractivity contribution is -0.143. The van der Waals surface area contributed by atoms with Gasteiger partial charge in [-0.25, -0.2) is 4.72 Å². The van der Waals surface area contributed by atoms with Gasteiger partial charge >= 0.3 is 5.97 Å². The first-order chi connectivity index (χ1) is 12.5. The van der Waals surface area contributed by atoms with E-state index < -0.39 is 0 Å². The van der Waals surface area contributed by atoms with Crippen LogP contribution in [-0.4, -0.2) is 19.1 Å². The molecular formula is C21H27NO3S. The van der Waals surface area contributed by atoms with E-state index in [1.54, 1.807) is 0 Å². The molecule has 1 aromatic heterocycles. The van der Waals surface area contributed by atoms with Crippen LogP contribution in [0.5, 0.6) is 0 Å². The molecule has 1 unspecified atom stereocenters. The van der Waals surface area contributed by atoms with Gasteiger partial charge in [-0.05, 0) is 54.6 Å². The lowest BCUT2D eigenvalue weighted by Gasteiger charge is -2.18. The van der Waals surface area contributed by atoms with Crippen molar-refractivity contribution in [3.63, 3.8) is 0 Å². The molecule has 1 N–H and O–H groups in total. The Morgan fingerprint density at radius 3 is 2.31 bits per heavy atom. The number of fused-ring (bicyclic) bond motifs is 3. The third kappa shape index (κ3) is 4.40. The van der Waals surface area contributed by atoms with E-state index in [4.69, 9.17) is 9.15 Å². The predicted molar refractivity (Wildman–Crippen MR) is 109 cm³/mol. The van der Waals surface area contributed by atoms with E-state index in [0.717, 1.165) is 26.8 Å². The van der Waals surface area contributed by atoms with Crippen LogP contribution >= 0.6 is 11.9 Å². The summed E-state index contributed by atoms with van der Waals surface area (Å²) in [6, 6.07) is 12.0. The third-order valence-electron chi connectivity index (χ3n) is 4.03. The van der Waals surface area contributed by atoms with Gasteiger partial charge in [0.2, 0.25) is 0 Å². The topological polar surface area (TPSA) is 51.5 Å². The van der Waals surface area contributed by atoms with Crippen LogP contribution in [0, 0.1) is 12.8 Å². The minimum Gasteiger partial charge on any atom is -0.468 e. The maximum atomic E-state index is 11.8. The Morgan fingerprint density at radius 1 is 1.08 bits per heavy atom. The van der Waals surface area contributed by atoms with Crippen LogP contribution in [0.25, 0.3) is 21.9 Å². The first kappa shape index (κ1) is 20.3. The van der Waals surface area contributed by atoms with Crippen molar-refractivity contribution >= 4 is 39.9 Å². The van der Waals surface area contributed by atoms with Gasteiger partial charge in [-0.1, -0.05) is 39.8 Å². The molecule has 0 saturated carbocycles. The molecule has 0 saturated heterocycles. The van der Waals surface area contributed by atoms with Gasteiger partial charge in [-0.15, -0.1) is 0 Å². The monoisotopic (exact) mass is 373 g/mol. The molecule has 26 heavy (non-hydrogen) atoms. The molecule has 0 bridgehead atoms. The number of hydrogen-bond acceptors (Lipinski definition) is 5. The molecule has 0 aliphatic heterocycles. The van der Waals surface area contributed by atoms with Crippen molar-refractivity contribution in [2.75, 3.05) is 7.11 Å². The molecule has 0 spiro atoms. The number of rotatable bonds is 5. The van der Waals surface area contributed by atoms with Crippen LogP contribution < -0.4 is 4.72 Å². The number of esters is 1. The fraction of sp³-hybridized carbons (Fsp3) is 0.381. The fourth-order valence-corrected chi connectivity index (χ4v) is 3.58. The van der Waals surface area contributed by atoms with Gasteiger partial charge < -0.3 is 9.15 Å². The van der Waals surface area contributed by atoms with Gasteiger partial charge in [-0.2, -0.15) is 0 Å². The van der Waals surface area contributed by atoms with E-state index in [9.17, 15) is 4.79 Å². The van der Waals surface area contributed by atoms with Crippen LogP contribution in [0.3, 0.4) is 0 Å². The maximum Gasteiger partial charge on any atom is 0.323 e. The summed E-state index contributed by atoms with van der Waals surface area (Å²) >= 11 is 1.42. The van der Waals surface area contributed by atoms with Crippen molar-refractivity contribution in [3.05, 3.63) is 42.0 Å². The Morgan fingerprint density at radius 2 is 1.69 bits per heavy atom. The van der Waals surface area contributed by atoms with Crippen LogP contribution in [0.15, 0.2) is 45.7 Å². The van der Waals surface area contributed by atoms with Crippen molar-refractivity contribution in [1.29, 1.82) is 0 Å². The summed E-state index contributed by atoms with van der Waals surface area (Å²) in [5, 5.41) is 2.22. The lowest BCUT2D eigenvalue weighted by atomic mass is 10.1. The van der Waals surface area contributed by atoms with Crippen molar-refractivity contribution < 1.29 is 13.9 Å². The summed E-state index contributed by atoms with van der Waals surface area (Å²) in [4.78, 5) is 12.8. The molecule has 0 fully saturated rings. The summed E-state index contributed by atoms with van der Waals surface area (Å²) in [7, 11) is 1.41. The number of aryl methyl sites for hydroxylation is 1. The molecule has 3 rings (SSSR count). The average molecular weight is 374 g/mol. The lowest BCUT2D eigenvalue weighted by Crippen LogP contribution is -2.37. The van der Waals surface area contributed by atoms with Gasteiger partial charge in [0.15, 0.2) is 0 Å². The Labute approximate surface area is 159 Å². The Balaban J connectivity index is 0.00000117. The second-order valence-electron chi connectivity index (χ2n) is 6.22. The van der Waals surface area contributed by atoms with Gasteiger partial charge in [-0.3, -0.25) is 4.79 Å². The van der Waals surface area contributed by atoms with E-state index in [1.807, 2.05) is 45.9 Å². The zero-order chi connectivity index (χ0) is 19.3. The van der Waals surface area contributed by atoms with Crippen molar-refractivity contribution in [2.24, 2.45) is 5.92 Å². The van der Waals surface area contributed by atoms with E-state index in [1.165, 1.54) is 24.6 Å². The Kier molecular flexibility index (Phi) is 7.12. The third-order valence-corrected chi connectivity index (χ3v) is 4.89. The van der Waals surface area contributed by atoms with E-state index in [2.05, 4.69) is 29.8 Å². The highest BCUT2D eigenvalue weighted by Crippen LogP contribution is 2.32. The largest absolute Gasteiger partial charge is 0.468 e. The summed E-state index contributed by atoms with van der Waals surface area (Å²) in [6.07, 6.45) is 0.